The van der Waals surface area contributed by atoms with Crippen molar-refractivity contribution in [3.8, 4) is 5.88 Å². The Bertz CT molecular complexity index is 1260. The van der Waals surface area contributed by atoms with Gasteiger partial charge in [-0.05, 0) is 63.3 Å². The Hall–Kier alpha value is -2.88. The van der Waals surface area contributed by atoms with E-state index < -0.39 is 37.5 Å². The van der Waals surface area contributed by atoms with Crippen LogP contribution in [0.5, 0.6) is 5.88 Å². The molecule has 10 heteroatoms. The van der Waals surface area contributed by atoms with Crippen molar-refractivity contribution >= 4 is 27.6 Å². The van der Waals surface area contributed by atoms with Crippen LogP contribution in [-0.4, -0.2) is 41.3 Å². The molecule has 0 bridgehead atoms. The summed E-state index contributed by atoms with van der Waals surface area (Å²) in [5.41, 5.74) is 4.85. The molecule has 1 fully saturated rings. The number of rotatable bonds is 6. The average Bonchev–Trinajstić information content (AvgIpc) is 2.73. The van der Waals surface area contributed by atoms with Gasteiger partial charge in [0.05, 0.1) is 24.8 Å². The highest BCUT2D eigenvalue weighted by Gasteiger charge is 2.49. The first-order valence-corrected chi connectivity index (χ1v) is 12.8. The average molecular weight is 491 g/mol. The predicted octanol–water partition coefficient (Wildman–Crippen LogP) is 4.04. The molecule has 1 aliphatic carbocycles. The maximum atomic E-state index is 14.9. The molecule has 1 aromatic heterocycles. The van der Waals surface area contributed by atoms with Crippen LogP contribution in [-0.2, 0) is 15.4 Å². The Kier molecular flexibility index (Phi) is 6.22. The third-order valence-corrected chi connectivity index (χ3v) is 9.37. The molecule has 2 aliphatic rings. The summed E-state index contributed by atoms with van der Waals surface area (Å²) in [7, 11) is -3.72. The normalized spacial score (nSPS) is 24.3. The predicted molar refractivity (Wildman–Crippen MR) is 127 cm³/mol. The maximum absolute atomic E-state index is 14.9. The molecule has 0 radical (unpaired) electrons. The van der Waals surface area contributed by atoms with E-state index in [0.717, 1.165) is 18.9 Å². The number of hydrogen-bond donors (Lipinski definition) is 1. The molecule has 1 unspecified atom stereocenters. The number of aromatic nitrogens is 2. The van der Waals surface area contributed by atoms with Gasteiger partial charge in [-0.15, -0.1) is 0 Å². The van der Waals surface area contributed by atoms with Gasteiger partial charge in [0.15, 0.2) is 15.7 Å². The topological polar surface area (TPSA) is 108 Å². The van der Waals surface area contributed by atoms with E-state index in [1.807, 2.05) is 0 Å². The summed E-state index contributed by atoms with van der Waals surface area (Å²) in [5, 5.41) is 0. The van der Waals surface area contributed by atoms with E-state index in [0.29, 0.717) is 24.0 Å². The largest absolute Gasteiger partial charge is 0.476 e. The van der Waals surface area contributed by atoms with Crippen LogP contribution in [0.2, 0.25) is 0 Å². The molecule has 2 N–H and O–H groups in total. The molecule has 7 nitrogen and oxygen atoms in total. The van der Waals surface area contributed by atoms with Gasteiger partial charge in [-0.2, -0.15) is 0 Å². The number of amidine groups is 1. The Balaban J connectivity index is 1.59. The molecular weight excluding hydrogens is 462 g/mol. The van der Waals surface area contributed by atoms with Crippen LogP contribution < -0.4 is 10.5 Å². The van der Waals surface area contributed by atoms with Crippen molar-refractivity contribution < 1.29 is 21.9 Å². The summed E-state index contributed by atoms with van der Waals surface area (Å²) in [6, 6.07) is 3.92. The van der Waals surface area contributed by atoms with E-state index in [-0.39, 0.29) is 17.1 Å². The molecule has 4 rings (SSSR count). The van der Waals surface area contributed by atoms with E-state index in [1.54, 1.807) is 0 Å². The summed E-state index contributed by atoms with van der Waals surface area (Å²) in [6.45, 7) is 5.01. The quantitative estimate of drug-likeness (QED) is 0.655. The highest BCUT2D eigenvalue weighted by molar-refractivity contribution is 7.93. The minimum Gasteiger partial charge on any atom is -0.476 e. The van der Waals surface area contributed by atoms with Crippen LogP contribution in [0.1, 0.15) is 56.9 Å². The number of nitrogens with zero attached hydrogens (tertiary/aromatic N) is 3. The van der Waals surface area contributed by atoms with Crippen LogP contribution in [0.4, 0.5) is 8.78 Å². The maximum Gasteiger partial charge on any atom is 0.232 e. The molecule has 1 saturated carbocycles. The van der Waals surface area contributed by atoms with Crippen molar-refractivity contribution in [2.75, 3.05) is 12.4 Å². The summed E-state index contributed by atoms with van der Waals surface area (Å²) in [5.74, 6) is -0.980. The summed E-state index contributed by atoms with van der Waals surface area (Å²) in [6.07, 6.45) is 7.32. The molecule has 182 valence electrons. The number of ether oxygens (including phenoxy) is 1. The number of hydrogen-bond acceptors (Lipinski definition) is 7. The van der Waals surface area contributed by atoms with Crippen molar-refractivity contribution in [1.29, 1.82) is 0 Å². The number of halogens is 2. The Labute approximate surface area is 198 Å². The third-order valence-electron chi connectivity index (χ3n) is 6.66. The zero-order valence-corrected chi connectivity index (χ0v) is 20.2. The minimum atomic E-state index is -3.72. The van der Waals surface area contributed by atoms with Crippen molar-refractivity contribution in [2.24, 2.45) is 16.6 Å². The molecule has 0 amide bonds. The van der Waals surface area contributed by atoms with Crippen LogP contribution in [0.25, 0.3) is 11.9 Å². The van der Waals surface area contributed by atoms with Crippen molar-refractivity contribution in [3.63, 3.8) is 0 Å². The Morgan fingerprint density at radius 2 is 1.97 bits per heavy atom. The minimum absolute atomic E-state index is 0.00246. The third kappa shape index (κ3) is 4.55. The molecule has 1 aliphatic heterocycles. The van der Waals surface area contributed by atoms with E-state index in [4.69, 9.17) is 10.5 Å². The summed E-state index contributed by atoms with van der Waals surface area (Å²) in [4.78, 5) is 12.5. The van der Waals surface area contributed by atoms with Crippen LogP contribution in [0.3, 0.4) is 0 Å². The van der Waals surface area contributed by atoms with Gasteiger partial charge < -0.3 is 10.5 Å². The van der Waals surface area contributed by atoms with Gasteiger partial charge in [0, 0.05) is 5.56 Å². The molecule has 2 heterocycles. The molecule has 0 spiro atoms. The molecule has 2 aromatic rings. The summed E-state index contributed by atoms with van der Waals surface area (Å²) >= 11 is 0. The van der Waals surface area contributed by atoms with Crippen molar-refractivity contribution in [3.05, 3.63) is 53.2 Å². The van der Waals surface area contributed by atoms with E-state index in [1.165, 1.54) is 57.8 Å². The van der Waals surface area contributed by atoms with Crippen LogP contribution in [0, 0.1) is 11.7 Å². The highest BCUT2D eigenvalue weighted by atomic mass is 32.2. The standard InChI is InChI=1S/C24H28F2N4O3S/c1-23(2)22(27)30-24(3,14-34(23,31)32)17-9-16(7-8-18(17)25)10-19(26)20-11-29-21(12-28-20)33-13-15-5-4-6-15/h7-12,15H,4-6,13-14H2,1-3H3,(H2,27,30). The van der Waals surface area contributed by atoms with Crippen molar-refractivity contribution in [2.45, 2.75) is 50.3 Å². The van der Waals surface area contributed by atoms with Gasteiger partial charge in [0.25, 0.3) is 0 Å². The molecule has 34 heavy (non-hydrogen) atoms. The van der Waals surface area contributed by atoms with E-state index in [9.17, 15) is 17.2 Å². The van der Waals surface area contributed by atoms with E-state index >= 15 is 0 Å². The Morgan fingerprint density at radius 1 is 1.24 bits per heavy atom. The molecular formula is C24H28F2N4O3S. The number of nitrogens with two attached hydrogens (primary N) is 1. The molecule has 0 saturated heterocycles. The smallest absolute Gasteiger partial charge is 0.232 e. The Morgan fingerprint density at radius 3 is 2.56 bits per heavy atom. The van der Waals surface area contributed by atoms with Gasteiger partial charge in [-0.25, -0.2) is 27.2 Å². The second kappa shape index (κ2) is 8.72. The van der Waals surface area contributed by atoms with Gasteiger partial charge in [-0.3, -0.25) is 4.99 Å². The van der Waals surface area contributed by atoms with Gasteiger partial charge in [-0.1, -0.05) is 12.5 Å². The molecule has 1 atom stereocenters. The highest BCUT2D eigenvalue weighted by Crippen LogP contribution is 2.38. The van der Waals surface area contributed by atoms with Crippen LogP contribution >= 0.6 is 0 Å². The monoisotopic (exact) mass is 490 g/mol. The number of aliphatic imine (C=N–C) groups is 1. The first-order valence-electron chi connectivity index (χ1n) is 11.1. The fourth-order valence-corrected chi connectivity index (χ4v) is 5.61. The fraction of sp³-hybridized carbons (Fsp3) is 0.458. The van der Waals surface area contributed by atoms with Crippen molar-refractivity contribution in [1.82, 2.24) is 9.97 Å². The first kappa shape index (κ1) is 24.3. The zero-order chi connectivity index (χ0) is 24.7. The second-order valence-corrected chi connectivity index (χ2v) is 12.2. The zero-order valence-electron chi connectivity index (χ0n) is 19.4. The van der Waals surface area contributed by atoms with E-state index in [2.05, 4.69) is 15.0 Å². The van der Waals surface area contributed by atoms with Gasteiger partial charge in [0.1, 0.15) is 27.6 Å². The molecule has 1 aromatic carbocycles. The fourth-order valence-electron chi connectivity index (χ4n) is 3.92. The lowest BCUT2D eigenvalue weighted by atomic mass is 9.86. The lowest BCUT2D eigenvalue weighted by molar-refractivity contribution is 0.175. The SMILES string of the molecule is CC1(c2cc(C=C(F)c3cnc(OCC4CCC4)cn3)ccc2F)CS(=O)(=O)C(C)(C)C(N)=N1. The van der Waals surface area contributed by atoms with Crippen LogP contribution in [0.15, 0.2) is 35.6 Å². The first-order chi connectivity index (χ1) is 15.9. The summed E-state index contributed by atoms with van der Waals surface area (Å²) < 4.78 is 59.5. The van der Waals surface area contributed by atoms with Gasteiger partial charge in [0.2, 0.25) is 5.88 Å². The second-order valence-electron chi connectivity index (χ2n) is 9.62. The number of benzene rings is 1. The number of sulfone groups is 1. The van der Waals surface area contributed by atoms with Gasteiger partial charge >= 0.3 is 0 Å². The lowest BCUT2D eigenvalue weighted by Crippen LogP contribution is -2.55. The lowest BCUT2D eigenvalue weighted by Gasteiger charge is -2.38.